The predicted molar refractivity (Wildman–Crippen MR) is 64.6 cm³/mol. The van der Waals surface area contributed by atoms with E-state index in [1.165, 1.54) is 12.3 Å². The predicted octanol–water partition coefficient (Wildman–Crippen LogP) is 1.80. The van der Waals surface area contributed by atoms with E-state index in [1.54, 1.807) is 24.5 Å². The van der Waals surface area contributed by atoms with Crippen molar-refractivity contribution >= 4 is 5.97 Å². The number of aromatic carboxylic acids is 1. The molecule has 0 fully saturated rings. The molecule has 92 valence electrons. The standard InChI is InChI=1S/C13H12N2O3/c16-13(17)10-3-4-11(15-8-10)5-7-18-12-2-1-6-14-9-12/h1-4,6,8-9H,5,7H2,(H,16,17). The molecule has 0 aliphatic carbocycles. The Morgan fingerprint density at radius 3 is 2.78 bits per heavy atom. The molecule has 5 heteroatoms. The van der Waals surface area contributed by atoms with Gasteiger partial charge in [-0.05, 0) is 24.3 Å². The number of aromatic nitrogens is 2. The number of nitrogens with zero attached hydrogens (tertiary/aromatic N) is 2. The third-order valence-electron chi connectivity index (χ3n) is 2.33. The fourth-order valence-corrected chi connectivity index (χ4v) is 1.40. The van der Waals surface area contributed by atoms with Gasteiger partial charge >= 0.3 is 5.97 Å². The van der Waals surface area contributed by atoms with E-state index in [9.17, 15) is 4.79 Å². The molecular weight excluding hydrogens is 232 g/mol. The topological polar surface area (TPSA) is 72.3 Å². The van der Waals surface area contributed by atoms with Crippen molar-refractivity contribution in [2.45, 2.75) is 6.42 Å². The molecule has 1 N–H and O–H groups in total. The van der Waals surface area contributed by atoms with Gasteiger partial charge in [0.1, 0.15) is 5.75 Å². The summed E-state index contributed by atoms with van der Waals surface area (Å²) in [5, 5.41) is 8.73. The minimum atomic E-state index is -0.972. The van der Waals surface area contributed by atoms with Gasteiger partial charge in [0, 0.05) is 24.5 Å². The Morgan fingerprint density at radius 2 is 2.17 bits per heavy atom. The van der Waals surface area contributed by atoms with Gasteiger partial charge in [0.15, 0.2) is 0 Å². The summed E-state index contributed by atoms with van der Waals surface area (Å²) in [5.74, 6) is -0.264. The zero-order valence-electron chi connectivity index (χ0n) is 9.61. The zero-order chi connectivity index (χ0) is 12.8. The monoisotopic (exact) mass is 244 g/mol. The van der Waals surface area contributed by atoms with Crippen LogP contribution in [0.3, 0.4) is 0 Å². The summed E-state index contributed by atoms with van der Waals surface area (Å²) in [5.41, 5.74) is 0.982. The van der Waals surface area contributed by atoms with E-state index in [1.807, 2.05) is 6.07 Å². The molecule has 0 aliphatic heterocycles. The highest BCUT2D eigenvalue weighted by atomic mass is 16.5. The van der Waals surface area contributed by atoms with Crippen LogP contribution < -0.4 is 4.74 Å². The van der Waals surface area contributed by atoms with Crippen LogP contribution >= 0.6 is 0 Å². The van der Waals surface area contributed by atoms with Crippen molar-refractivity contribution in [3.63, 3.8) is 0 Å². The number of rotatable bonds is 5. The van der Waals surface area contributed by atoms with E-state index in [4.69, 9.17) is 9.84 Å². The van der Waals surface area contributed by atoms with Crippen LogP contribution in [0.4, 0.5) is 0 Å². The van der Waals surface area contributed by atoms with Crippen molar-refractivity contribution in [3.8, 4) is 5.75 Å². The van der Waals surface area contributed by atoms with E-state index in [2.05, 4.69) is 9.97 Å². The molecule has 5 nitrogen and oxygen atoms in total. The van der Waals surface area contributed by atoms with Crippen molar-refractivity contribution < 1.29 is 14.6 Å². The number of hydrogen-bond acceptors (Lipinski definition) is 4. The fraction of sp³-hybridized carbons (Fsp3) is 0.154. The van der Waals surface area contributed by atoms with Gasteiger partial charge in [0.25, 0.3) is 0 Å². The van der Waals surface area contributed by atoms with Gasteiger partial charge in [0.2, 0.25) is 0 Å². The molecule has 2 aromatic rings. The second-order valence-electron chi connectivity index (χ2n) is 3.63. The summed E-state index contributed by atoms with van der Waals surface area (Å²) in [4.78, 5) is 18.6. The highest BCUT2D eigenvalue weighted by Crippen LogP contribution is 2.07. The minimum absolute atomic E-state index is 0.187. The van der Waals surface area contributed by atoms with Crippen LogP contribution in [0.5, 0.6) is 5.75 Å². The lowest BCUT2D eigenvalue weighted by Gasteiger charge is -2.05. The Morgan fingerprint density at radius 1 is 1.28 bits per heavy atom. The number of carbonyl (C=O) groups is 1. The number of carboxylic acids is 1. The van der Waals surface area contributed by atoms with Crippen LogP contribution in [-0.4, -0.2) is 27.7 Å². The molecule has 0 spiro atoms. The summed E-state index contributed by atoms with van der Waals surface area (Å²) in [6, 6.07) is 6.86. The van der Waals surface area contributed by atoms with Gasteiger partial charge in [0.05, 0.1) is 18.4 Å². The molecule has 0 aliphatic rings. The molecule has 18 heavy (non-hydrogen) atoms. The van der Waals surface area contributed by atoms with Crippen molar-refractivity contribution in [1.29, 1.82) is 0 Å². The number of hydrogen-bond donors (Lipinski definition) is 1. The molecule has 2 heterocycles. The Labute approximate surface area is 104 Å². The van der Waals surface area contributed by atoms with Gasteiger partial charge in [-0.15, -0.1) is 0 Å². The van der Waals surface area contributed by atoms with E-state index < -0.39 is 5.97 Å². The second-order valence-corrected chi connectivity index (χ2v) is 3.63. The van der Waals surface area contributed by atoms with Gasteiger partial charge in [-0.25, -0.2) is 4.79 Å². The van der Waals surface area contributed by atoms with E-state index in [0.29, 0.717) is 18.8 Å². The lowest BCUT2D eigenvalue weighted by atomic mass is 10.2. The zero-order valence-corrected chi connectivity index (χ0v) is 9.61. The summed E-state index contributed by atoms with van der Waals surface area (Å²) in [6.45, 7) is 0.477. The van der Waals surface area contributed by atoms with E-state index in [-0.39, 0.29) is 5.56 Å². The van der Waals surface area contributed by atoms with Crippen molar-refractivity contribution in [2.75, 3.05) is 6.61 Å². The second kappa shape index (κ2) is 5.77. The maximum Gasteiger partial charge on any atom is 0.337 e. The first-order valence-corrected chi connectivity index (χ1v) is 5.47. The normalized spacial score (nSPS) is 10.0. The summed E-state index contributed by atoms with van der Waals surface area (Å²) < 4.78 is 5.47. The highest BCUT2D eigenvalue weighted by Gasteiger charge is 2.03. The smallest absolute Gasteiger partial charge is 0.337 e. The Hall–Kier alpha value is -2.43. The van der Waals surface area contributed by atoms with Crippen LogP contribution in [0.15, 0.2) is 42.9 Å². The molecule has 0 unspecified atom stereocenters. The quantitative estimate of drug-likeness (QED) is 0.868. The molecular formula is C13H12N2O3. The van der Waals surface area contributed by atoms with Gasteiger partial charge in [-0.2, -0.15) is 0 Å². The summed E-state index contributed by atoms with van der Waals surface area (Å²) in [6.07, 6.45) is 5.29. The Bertz CT molecular complexity index is 512. The Balaban J connectivity index is 1.85. The number of pyridine rings is 2. The van der Waals surface area contributed by atoms with Crippen LogP contribution in [0.25, 0.3) is 0 Å². The average molecular weight is 244 g/mol. The lowest BCUT2D eigenvalue weighted by Crippen LogP contribution is -2.04. The van der Waals surface area contributed by atoms with Crippen LogP contribution in [0.1, 0.15) is 16.1 Å². The fourth-order valence-electron chi connectivity index (χ4n) is 1.40. The SMILES string of the molecule is O=C(O)c1ccc(CCOc2cccnc2)nc1. The van der Waals surface area contributed by atoms with Crippen molar-refractivity contribution in [2.24, 2.45) is 0 Å². The van der Waals surface area contributed by atoms with Gasteiger partial charge in [-0.1, -0.05) is 0 Å². The molecule has 0 amide bonds. The van der Waals surface area contributed by atoms with Gasteiger partial charge < -0.3 is 9.84 Å². The van der Waals surface area contributed by atoms with Crippen molar-refractivity contribution in [3.05, 3.63) is 54.1 Å². The number of ether oxygens (including phenoxy) is 1. The van der Waals surface area contributed by atoms with Crippen LogP contribution in [0, 0.1) is 0 Å². The molecule has 0 radical (unpaired) electrons. The summed E-state index contributed by atoms with van der Waals surface area (Å²) in [7, 11) is 0. The van der Waals surface area contributed by atoms with E-state index >= 15 is 0 Å². The molecule has 0 atom stereocenters. The van der Waals surface area contributed by atoms with Crippen molar-refractivity contribution in [1.82, 2.24) is 9.97 Å². The maximum absolute atomic E-state index is 10.6. The first-order valence-electron chi connectivity index (χ1n) is 5.47. The minimum Gasteiger partial charge on any atom is -0.492 e. The third-order valence-corrected chi connectivity index (χ3v) is 2.33. The molecule has 2 aromatic heterocycles. The van der Waals surface area contributed by atoms with Crippen LogP contribution in [-0.2, 0) is 6.42 Å². The largest absolute Gasteiger partial charge is 0.492 e. The first kappa shape index (κ1) is 12.0. The first-order chi connectivity index (χ1) is 8.75. The molecule has 0 saturated carbocycles. The lowest BCUT2D eigenvalue weighted by molar-refractivity contribution is 0.0696. The maximum atomic E-state index is 10.6. The third kappa shape index (κ3) is 3.28. The average Bonchev–Trinajstić information content (AvgIpc) is 2.40. The molecule has 0 bridgehead atoms. The number of carboxylic acid groups (broad SMARTS) is 1. The van der Waals surface area contributed by atoms with Gasteiger partial charge in [-0.3, -0.25) is 9.97 Å². The highest BCUT2D eigenvalue weighted by molar-refractivity contribution is 5.87. The van der Waals surface area contributed by atoms with Crippen LogP contribution in [0.2, 0.25) is 0 Å². The molecule has 0 saturated heterocycles. The summed E-state index contributed by atoms with van der Waals surface area (Å²) >= 11 is 0. The van der Waals surface area contributed by atoms with E-state index in [0.717, 1.165) is 5.69 Å². The Kier molecular flexibility index (Phi) is 3.86. The molecule has 0 aromatic carbocycles. The molecule has 2 rings (SSSR count).